The number of hydrazone groups is 1. The molecule has 2 rings (SSSR count). The lowest BCUT2D eigenvalue weighted by Crippen LogP contribution is -2.10. The second kappa shape index (κ2) is 9.26. The van der Waals surface area contributed by atoms with Crippen LogP contribution in [0.3, 0.4) is 0 Å². The second-order valence-electron chi connectivity index (χ2n) is 6.10. The first-order valence-electron chi connectivity index (χ1n) is 8.65. The maximum absolute atomic E-state index is 12.7. The lowest BCUT2D eigenvalue weighted by Gasteiger charge is -2.15. The molecule has 0 bridgehead atoms. The van der Waals surface area contributed by atoms with E-state index in [4.69, 9.17) is 9.47 Å². The van der Waals surface area contributed by atoms with Crippen molar-refractivity contribution in [2.75, 3.05) is 12.5 Å². The molecule has 0 fully saturated rings. The fourth-order valence-corrected chi connectivity index (χ4v) is 2.29. The van der Waals surface area contributed by atoms with Crippen LogP contribution in [0.2, 0.25) is 0 Å². The third-order valence-corrected chi connectivity index (χ3v) is 4.01. The Balaban J connectivity index is 2.20. The van der Waals surface area contributed by atoms with E-state index in [9.17, 15) is 23.3 Å². The second-order valence-corrected chi connectivity index (χ2v) is 6.10. The van der Waals surface area contributed by atoms with Gasteiger partial charge in [-0.15, -0.1) is 0 Å². The van der Waals surface area contributed by atoms with Crippen LogP contribution in [0, 0.1) is 10.1 Å². The minimum Gasteiger partial charge on any atom is -0.493 e. The van der Waals surface area contributed by atoms with E-state index >= 15 is 0 Å². The quantitative estimate of drug-likeness (QED) is 0.364. The van der Waals surface area contributed by atoms with Crippen molar-refractivity contribution >= 4 is 17.6 Å². The van der Waals surface area contributed by atoms with E-state index in [-0.39, 0.29) is 11.8 Å². The molecule has 0 aliphatic rings. The summed E-state index contributed by atoms with van der Waals surface area (Å²) in [6.45, 7) is 3.92. The number of nitro groups is 1. The fraction of sp³-hybridized carbons (Fsp3) is 0.316. The molecule has 1 atom stereocenters. The number of rotatable bonds is 8. The van der Waals surface area contributed by atoms with E-state index < -0.39 is 22.4 Å². The summed E-state index contributed by atoms with van der Waals surface area (Å²) in [4.78, 5) is 10.2. The van der Waals surface area contributed by atoms with Gasteiger partial charge in [-0.2, -0.15) is 18.3 Å². The van der Waals surface area contributed by atoms with Crippen molar-refractivity contribution in [3.05, 3.63) is 57.6 Å². The Kier molecular flexibility index (Phi) is 7.03. The summed E-state index contributed by atoms with van der Waals surface area (Å²) in [5, 5.41) is 15.0. The van der Waals surface area contributed by atoms with Gasteiger partial charge in [0.2, 0.25) is 0 Å². The molecule has 7 nitrogen and oxygen atoms in total. The number of benzene rings is 2. The van der Waals surface area contributed by atoms with Gasteiger partial charge in [0.05, 0.1) is 29.9 Å². The van der Waals surface area contributed by atoms with Gasteiger partial charge in [-0.1, -0.05) is 6.92 Å². The number of nitro benzene ring substituents is 1. The minimum atomic E-state index is -4.68. The van der Waals surface area contributed by atoms with Gasteiger partial charge in [0.25, 0.3) is 5.69 Å². The first kappa shape index (κ1) is 22.0. The van der Waals surface area contributed by atoms with Gasteiger partial charge in [-0.05, 0) is 49.2 Å². The van der Waals surface area contributed by atoms with Crippen LogP contribution in [0.4, 0.5) is 24.5 Å². The highest BCUT2D eigenvalue weighted by Crippen LogP contribution is 2.35. The van der Waals surface area contributed by atoms with Crippen LogP contribution >= 0.6 is 0 Å². The molecule has 0 aliphatic heterocycles. The molecule has 0 spiro atoms. The molecule has 2 aromatic rings. The smallest absolute Gasteiger partial charge is 0.416 e. The van der Waals surface area contributed by atoms with Crippen molar-refractivity contribution in [3.63, 3.8) is 0 Å². The summed E-state index contributed by atoms with van der Waals surface area (Å²) in [6.07, 6.45) is -2.49. The van der Waals surface area contributed by atoms with Crippen LogP contribution < -0.4 is 14.9 Å². The number of nitrogens with one attached hydrogen (secondary N) is 1. The van der Waals surface area contributed by atoms with Crippen molar-refractivity contribution < 1.29 is 27.6 Å². The summed E-state index contributed by atoms with van der Waals surface area (Å²) >= 11 is 0. The minimum absolute atomic E-state index is 0.00491. The Morgan fingerprint density at radius 1 is 1.24 bits per heavy atom. The number of hydrogen-bond donors (Lipinski definition) is 1. The summed E-state index contributed by atoms with van der Waals surface area (Å²) in [5.41, 5.74) is 0.997. The summed E-state index contributed by atoms with van der Waals surface area (Å²) in [5.74, 6) is 1.04. The average molecular weight is 411 g/mol. The fourth-order valence-electron chi connectivity index (χ4n) is 2.29. The van der Waals surface area contributed by atoms with Crippen LogP contribution in [0.5, 0.6) is 11.5 Å². The highest BCUT2D eigenvalue weighted by Gasteiger charge is 2.33. The molecular formula is C19H20F3N3O4. The average Bonchev–Trinajstić information content (AvgIpc) is 2.68. The van der Waals surface area contributed by atoms with Crippen molar-refractivity contribution in [2.24, 2.45) is 5.10 Å². The van der Waals surface area contributed by atoms with Gasteiger partial charge in [-0.25, -0.2) is 0 Å². The molecule has 10 heteroatoms. The Morgan fingerprint density at radius 3 is 2.55 bits per heavy atom. The Morgan fingerprint density at radius 2 is 1.97 bits per heavy atom. The van der Waals surface area contributed by atoms with Gasteiger partial charge in [0.15, 0.2) is 11.5 Å². The van der Waals surface area contributed by atoms with E-state index in [1.807, 2.05) is 13.8 Å². The van der Waals surface area contributed by atoms with Crippen LogP contribution in [-0.2, 0) is 6.18 Å². The third kappa shape index (κ3) is 5.84. The van der Waals surface area contributed by atoms with E-state index in [0.717, 1.165) is 18.6 Å². The molecule has 0 aliphatic carbocycles. The van der Waals surface area contributed by atoms with Crippen molar-refractivity contribution in [3.8, 4) is 11.5 Å². The van der Waals surface area contributed by atoms with Gasteiger partial charge >= 0.3 is 6.18 Å². The molecular weight excluding hydrogens is 391 g/mol. The SMILES string of the molecule is CC[C@@H](C)Oc1ccc(/C=N\Nc2ccc(C(F)(F)F)cc2[N+](=O)[O-])cc1OC. The molecule has 0 amide bonds. The van der Waals surface area contributed by atoms with Crippen LogP contribution in [0.1, 0.15) is 31.4 Å². The zero-order valence-corrected chi connectivity index (χ0v) is 16.0. The molecule has 0 aromatic heterocycles. The molecule has 2 aromatic carbocycles. The Bertz CT molecular complexity index is 901. The van der Waals surface area contributed by atoms with E-state index in [2.05, 4.69) is 10.5 Å². The largest absolute Gasteiger partial charge is 0.493 e. The maximum Gasteiger partial charge on any atom is 0.416 e. The summed E-state index contributed by atoms with van der Waals surface area (Å²) in [6, 6.07) is 7.22. The maximum atomic E-state index is 12.7. The number of nitrogens with zero attached hydrogens (tertiary/aromatic N) is 2. The zero-order valence-electron chi connectivity index (χ0n) is 16.0. The number of hydrogen-bond acceptors (Lipinski definition) is 6. The Hall–Kier alpha value is -3.30. The van der Waals surface area contributed by atoms with E-state index in [1.165, 1.54) is 13.3 Å². The number of alkyl halides is 3. The van der Waals surface area contributed by atoms with E-state index in [0.29, 0.717) is 23.1 Å². The Labute approximate surface area is 165 Å². The highest BCUT2D eigenvalue weighted by atomic mass is 19.4. The molecule has 0 saturated carbocycles. The first-order valence-corrected chi connectivity index (χ1v) is 8.65. The predicted molar refractivity (Wildman–Crippen MR) is 103 cm³/mol. The van der Waals surface area contributed by atoms with Gasteiger partial charge in [0, 0.05) is 6.07 Å². The van der Waals surface area contributed by atoms with Crippen molar-refractivity contribution in [1.82, 2.24) is 0 Å². The third-order valence-electron chi connectivity index (χ3n) is 4.01. The molecule has 0 saturated heterocycles. The van der Waals surface area contributed by atoms with Gasteiger partial charge < -0.3 is 9.47 Å². The molecule has 0 unspecified atom stereocenters. The number of ether oxygens (including phenoxy) is 2. The van der Waals surface area contributed by atoms with E-state index in [1.54, 1.807) is 18.2 Å². The van der Waals surface area contributed by atoms with Gasteiger partial charge in [-0.3, -0.25) is 15.5 Å². The number of methoxy groups -OCH3 is 1. The zero-order chi connectivity index (χ0) is 21.6. The molecule has 0 radical (unpaired) electrons. The molecule has 0 heterocycles. The molecule has 29 heavy (non-hydrogen) atoms. The van der Waals surface area contributed by atoms with Crippen molar-refractivity contribution in [2.45, 2.75) is 32.5 Å². The summed E-state index contributed by atoms with van der Waals surface area (Å²) in [7, 11) is 1.49. The number of halogens is 3. The topological polar surface area (TPSA) is 86.0 Å². The van der Waals surface area contributed by atoms with Gasteiger partial charge in [0.1, 0.15) is 5.69 Å². The lowest BCUT2D eigenvalue weighted by molar-refractivity contribution is -0.384. The standard InChI is InChI=1S/C19H20F3N3O4/c1-4-12(2)29-17-8-5-13(9-18(17)28-3)11-23-24-15-7-6-14(19(20,21)22)10-16(15)25(26)27/h5-12,24H,4H2,1-3H3/b23-11-/t12-/m1/s1. The first-order chi connectivity index (χ1) is 13.7. The highest BCUT2D eigenvalue weighted by molar-refractivity contribution is 5.82. The molecule has 1 N–H and O–H groups in total. The lowest BCUT2D eigenvalue weighted by atomic mass is 10.1. The van der Waals surface area contributed by atoms with Crippen LogP contribution in [-0.4, -0.2) is 24.4 Å². The molecule has 156 valence electrons. The predicted octanol–water partition coefficient (Wildman–Crippen LogP) is 5.25. The van der Waals surface area contributed by atoms with Crippen LogP contribution in [0.25, 0.3) is 0 Å². The van der Waals surface area contributed by atoms with Crippen LogP contribution in [0.15, 0.2) is 41.5 Å². The number of anilines is 1. The normalized spacial score (nSPS) is 12.6. The summed E-state index contributed by atoms with van der Waals surface area (Å²) < 4.78 is 49.3. The van der Waals surface area contributed by atoms with Crippen molar-refractivity contribution in [1.29, 1.82) is 0 Å². The monoisotopic (exact) mass is 411 g/mol.